The van der Waals surface area contributed by atoms with Gasteiger partial charge in [-0.05, 0) is 55.5 Å². The molecule has 0 spiro atoms. The summed E-state index contributed by atoms with van der Waals surface area (Å²) >= 11 is 0. The van der Waals surface area contributed by atoms with E-state index in [0.29, 0.717) is 6.54 Å². The van der Waals surface area contributed by atoms with Crippen molar-refractivity contribution in [2.24, 2.45) is 17.1 Å². The molecule has 1 aromatic carbocycles. The first-order chi connectivity index (χ1) is 9.58. The van der Waals surface area contributed by atoms with Gasteiger partial charge in [0, 0.05) is 12.1 Å². The summed E-state index contributed by atoms with van der Waals surface area (Å²) in [7, 11) is 0. The largest absolute Gasteiger partial charge is 0.330 e. The van der Waals surface area contributed by atoms with Gasteiger partial charge in [-0.2, -0.15) is 0 Å². The van der Waals surface area contributed by atoms with Crippen LogP contribution < -0.4 is 5.73 Å². The van der Waals surface area contributed by atoms with Crippen LogP contribution in [0.1, 0.15) is 44.6 Å². The monoisotopic (exact) mass is 276 g/mol. The number of hydrogen-bond donors (Lipinski definition) is 1. The van der Waals surface area contributed by atoms with E-state index < -0.39 is 0 Å². The Labute approximate surface area is 120 Å². The zero-order valence-electron chi connectivity index (χ0n) is 12.2. The number of nitro groups is 1. The van der Waals surface area contributed by atoms with Gasteiger partial charge >= 0.3 is 0 Å². The summed E-state index contributed by atoms with van der Waals surface area (Å²) in [6.07, 6.45) is 6.87. The molecule has 1 aliphatic carbocycles. The van der Waals surface area contributed by atoms with Crippen molar-refractivity contribution < 1.29 is 4.92 Å². The summed E-state index contributed by atoms with van der Waals surface area (Å²) in [5.74, 6) is 0.833. The van der Waals surface area contributed by atoms with E-state index in [9.17, 15) is 10.1 Å². The minimum Gasteiger partial charge on any atom is -0.330 e. The third-order valence-corrected chi connectivity index (χ3v) is 4.88. The summed E-state index contributed by atoms with van der Waals surface area (Å²) in [6.45, 7) is 2.92. The maximum atomic E-state index is 10.9. The second-order valence-electron chi connectivity index (χ2n) is 6.16. The highest BCUT2D eigenvalue weighted by Gasteiger charge is 2.33. The van der Waals surface area contributed by atoms with Gasteiger partial charge in [0.1, 0.15) is 0 Å². The van der Waals surface area contributed by atoms with Crippen molar-refractivity contribution in [3.05, 3.63) is 39.9 Å². The molecule has 0 saturated heterocycles. The Kier molecular flexibility index (Phi) is 4.76. The van der Waals surface area contributed by atoms with Crippen LogP contribution in [0.5, 0.6) is 0 Å². The topological polar surface area (TPSA) is 69.2 Å². The Balaban J connectivity index is 2.10. The number of nitro benzene ring substituents is 1. The Bertz CT molecular complexity index is 465. The van der Waals surface area contributed by atoms with Crippen LogP contribution in [0.15, 0.2) is 24.3 Å². The van der Waals surface area contributed by atoms with Gasteiger partial charge in [-0.25, -0.2) is 0 Å². The van der Waals surface area contributed by atoms with E-state index in [4.69, 9.17) is 5.73 Å². The van der Waals surface area contributed by atoms with Crippen molar-refractivity contribution >= 4 is 5.69 Å². The van der Waals surface area contributed by atoms with Gasteiger partial charge in [-0.1, -0.05) is 25.5 Å². The summed E-state index contributed by atoms with van der Waals surface area (Å²) in [5, 5.41) is 10.9. The predicted octanol–water partition coefficient (Wildman–Crippen LogP) is 3.68. The molecule has 0 unspecified atom stereocenters. The Morgan fingerprint density at radius 1 is 1.40 bits per heavy atom. The zero-order valence-corrected chi connectivity index (χ0v) is 12.2. The molecule has 0 heterocycles. The predicted molar refractivity (Wildman–Crippen MR) is 80.5 cm³/mol. The molecule has 0 bridgehead atoms. The zero-order chi connectivity index (χ0) is 14.6. The average molecular weight is 276 g/mol. The number of nitrogens with zero attached hydrogens (tertiary/aromatic N) is 1. The molecule has 2 rings (SSSR count). The van der Waals surface area contributed by atoms with Gasteiger partial charge in [0.15, 0.2) is 0 Å². The first kappa shape index (κ1) is 15.0. The lowest BCUT2D eigenvalue weighted by molar-refractivity contribution is -0.384. The lowest BCUT2D eigenvalue weighted by atomic mass is 9.67. The normalized spacial score (nSPS) is 26.4. The second-order valence-corrected chi connectivity index (χ2v) is 6.16. The molecule has 0 amide bonds. The average Bonchev–Trinajstić information content (AvgIpc) is 2.48. The quantitative estimate of drug-likeness (QED) is 0.658. The highest BCUT2D eigenvalue weighted by Crippen LogP contribution is 2.41. The summed E-state index contributed by atoms with van der Waals surface area (Å²) in [6, 6.07) is 7.00. The summed E-state index contributed by atoms with van der Waals surface area (Å²) in [5.41, 5.74) is 7.40. The van der Waals surface area contributed by atoms with Crippen molar-refractivity contribution in [3.8, 4) is 0 Å². The second kappa shape index (κ2) is 6.35. The molecule has 0 radical (unpaired) electrons. The molecule has 20 heavy (non-hydrogen) atoms. The molecule has 4 nitrogen and oxygen atoms in total. The first-order valence-corrected chi connectivity index (χ1v) is 7.52. The van der Waals surface area contributed by atoms with Gasteiger partial charge in [0.25, 0.3) is 5.69 Å². The molecular formula is C16H24N2O2. The van der Waals surface area contributed by atoms with Crippen LogP contribution in [-0.2, 0) is 6.42 Å². The molecule has 0 aliphatic heterocycles. The van der Waals surface area contributed by atoms with E-state index in [1.165, 1.54) is 19.3 Å². The standard InChI is InChI=1S/C16H24N2O2/c1-2-13-6-8-16(12-17,9-7-13)11-14-4-3-5-15(10-14)18(19)20/h3-5,10,13H,2,6-9,11-12,17H2,1H3. The fourth-order valence-corrected chi connectivity index (χ4v) is 3.36. The molecule has 4 heteroatoms. The number of non-ortho nitro benzene ring substituents is 1. The van der Waals surface area contributed by atoms with Crippen molar-refractivity contribution in [2.45, 2.75) is 45.4 Å². The van der Waals surface area contributed by atoms with Crippen LogP contribution in [0.2, 0.25) is 0 Å². The molecule has 1 saturated carbocycles. The van der Waals surface area contributed by atoms with Crippen LogP contribution >= 0.6 is 0 Å². The van der Waals surface area contributed by atoms with Crippen molar-refractivity contribution in [3.63, 3.8) is 0 Å². The molecule has 2 N–H and O–H groups in total. The number of hydrogen-bond acceptors (Lipinski definition) is 3. The van der Waals surface area contributed by atoms with Crippen molar-refractivity contribution in [1.82, 2.24) is 0 Å². The van der Waals surface area contributed by atoms with Crippen LogP contribution in [0.4, 0.5) is 5.69 Å². The fraction of sp³-hybridized carbons (Fsp3) is 0.625. The molecule has 110 valence electrons. The maximum absolute atomic E-state index is 10.9. The Hall–Kier alpha value is -1.42. The van der Waals surface area contributed by atoms with E-state index >= 15 is 0 Å². The van der Waals surface area contributed by atoms with E-state index in [1.807, 2.05) is 6.07 Å². The first-order valence-electron chi connectivity index (χ1n) is 7.52. The van der Waals surface area contributed by atoms with Gasteiger partial charge < -0.3 is 5.73 Å². The van der Waals surface area contributed by atoms with E-state index in [1.54, 1.807) is 18.2 Å². The van der Waals surface area contributed by atoms with E-state index in [-0.39, 0.29) is 16.0 Å². The van der Waals surface area contributed by atoms with Gasteiger partial charge in [-0.3, -0.25) is 10.1 Å². The lowest BCUT2D eigenvalue weighted by Gasteiger charge is -2.39. The van der Waals surface area contributed by atoms with Crippen molar-refractivity contribution in [2.75, 3.05) is 6.54 Å². The van der Waals surface area contributed by atoms with Crippen molar-refractivity contribution in [1.29, 1.82) is 0 Å². The minimum absolute atomic E-state index is 0.140. The molecular weight excluding hydrogens is 252 g/mol. The van der Waals surface area contributed by atoms with Gasteiger partial charge in [-0.15, -0.1) is 0 Å². The highest BCUT2D eigenvalue weighted by molar-refractivity contribution is 5.34. The number of benzene rings is 1. The SMILES string of the molecule is CCC1CCC(CN)(Cc2cccc([N+](=O)[O-])c2)CC1. The number of rotatable bonds is 5. The molecule has 1 aromatic rings. The molecule has 1 aliphatic rings. The maximum Gasteiger partial charge on any atom is 0.269 e. The third kappa shape index (κ3) is 3.37. The summed E-state index contributed by atoms with van der Waals surface area (Å²) in [4.78, 5) is 10.5. The van der Waals surface area contributed by atoms with E-state index in [2.05, 4.69) is 6.92 Å². The smallest absolute Gasteiger partial charge is 0.269 e. The Morgan fingerprint density at radius 3 is 2.65 bits per heavy atom. The lowest BCUT2D eigenvalue weighted by Crippen LogP contribution is -2.36. The number of nitrogens with two attached hydrogens (primary N) is 1. The molecule has 0 atom stereocenters. The van der Waals surface area contributed by atoms with Gasteiger partial charge in [0.2, 0.25) is 0 Å². The minimum atomic E-state index is -0.327. The highest BCUT2D eigenvalue weighted by atomic mass is 16.6. The summed E-state index contributed by atoms with van der Waals surface area (Å²) < 4.78 is 0. The van der Waals surface area contributed by atoms with Crippen LogP contribution in [0.3, 0.4) is 0 Å². The van der Waals surface area contributed by atoms with Crippen LogP contribution in [0.25, 0.3) is 0 Å². The van der Waals surface area contributed by atoms with Gasteiger partial charge in [0.05, 0.1) is 4.92 Å². The van der Waals surface area contributed by atoms with Crippen LogP contribution in [0, 0.1) is 21.4 Å². The molecule has 0 aromatic heterocycles. The Morgan fingerprint density at radius 2 is 2.10 bits per heavy atom. The van der Waals surface area contributed by atoms with E-state index in [0.717, 1.165) is 30.7 Å². The van der Waals surface area contributed by atoms with Crippen LogP contribution in [-0.4, -0.2) is 11.5 Å². The molecule has 1 fully saturated rings. The third-order valence-electron chi connectivity index (χ3n) is 4.88. The fourth-order valence-electron chi connectivity index (χ4n) is 3.36.